The van der Waals surface area contributed by atoms with E-state index >= 15 is 0 Å². The summed E-state index contributed by atoms with van der Waals surface area (Å²) in [5.41, 5.74) is 0.944. The molecule has 1 unspecified atom stereocenters. The SMILES string of the molecule is CCS(=O)(=O)NCC(c1ccccc1Cl)N1CCOCC1. The molecule has 2 rings (SSSR count). The van der Waals surface area contributed by atoms with Crippen molar-refractivity contribution < 1.29 is 13.2 Å². The maximum absolute atomic E-state index is 11.7. The fraction of sp³-hybridized carbons (Fsp3) is 0.571. The van der Waals surface area contributed by atoms with Gasteiger partial charge in [-0.2, -0.15) is 0 Å². The zero-order valence-electron chi connectivity index (χ0n) is 12.1. The van der Waals surface area contributed by atoms with Gasteiger partial charge in [-0.25, -0.2) is 13.1 Å². The van der Waals surface area contributed by atoms with Gasteiger partial charge in [-0.05, 0) is 18.6 Å². The molecule has 0 amide bonds. The Balaban J connectivity index is 2.20. The van der Waals surface area contributed by atoms with E-state index in [-0.39, 0.29) is 11.8 Å². The van der Waals surface area contributed by atoms with Crippen molar-refractivity contribution in [3.63, 3.8) is 0 Å². The Labute approximate surface area is 131 Å². The minimum absolute atomic E-state index is 0.0748. The highest BCUT2D eigenvalue weighted by Crippen LogP contribution is 2.27. The quantitative estimate of drug-likeness (QED) is 0.860. The minimum Gasteiger partial charge on any atom is -0.379 e. The maximum Gasteiger partial charge on any atom is 0.211 e. The molecular formula is C14H21ClN2O3S. The first kappa shape index (κ1) is 16.7. The monoisotopic (exact) mass is 332 g/mol. The smallest absolute Gasteiger partial charge is 0.211 e. The van der Waals surface area contributed by atoms with E-state index in [1.54, 1.807) is 6.92 Å². The van der Waals surface area contributed by atoms with Crippen molar-refractivity contribution in [3.05, 3.63) is 34.9 Å². The molecule has 0 radical (unpaired) electrons. The molecule has 1 aliphatic heterocycles. The highest BCUT2D eigenvalue weighted by atomic mass is 35.5. The van der Waals surface area contributed by atoms with Crippen LogP contribution in [0.25, 0.3) is 0 Å². The normalized spacial score (nSPS) is 18.6. The number of hydrogen-bond acceptors (Lipinski definition) is 4. The average Bonchev–Trinajstić information content (AvgIpc) is 2.50. The number of sulfonamides is 1. The lowest BCUT2D eigenvalue weighted by Gasteiger charge is -2.35. The molecule has 0 aliphatic carbocycles. The lowest BCUT2D eigenvalue weighted by Crippen LogP contribution is -2.44. The Morgan fingerprint density at radius 3 is 2.62 bits per heavy atom. The van der Waals surface area contributed by atoms with Gasteiger partial charge < -0.3 is 4.74 Å². The van der Waals surface area contributed by atoms with Crippen LogP contribution in [0.5, 0.6) is 0 Å². The number of hydrogen-bond donors (Lipinski definition) is 1. The van der Waals surface area contributed by atoms with Crippen molar-refractivity contribution in [2.24, 2.45) is 0 Å². The first-order chi connectivity index (χ1) is 10.0. The second-order valence-electron chi connectivity index (χ2n) is 4.94. The van der Waals surface area contributed by atoms with Crippen molar-refractivity contribution in [2.45, 2.75) is 13.0 Å². The molecule has 1 fully saturated rings. The summed E-state index contributed by atoms with van der Waals surface area (Å²) in [4.78, 5) is 2.21. The molecular weight excluding hydrogens is 312 g/mol. The predicted molar refractivity (Wildman–Crippen MR) is 84.0 cm³/mol. The summed E-state index contributed by atoms with van der Waals surface area (Å²) in [6.45, 7) is 4.79. The summed E-state index contributed by atoms with van der Waals surface area (Å²) in [5.74, 6) is 0.0748. The molecule has 7 heteroatoms. The van der Waals surface area contributed by atoms with E-state index in [2.05, 4.69) is 9.62 Å². The van der Waals surface area contributed by atoms with E-state index in [0.717, 1.165) is 18.7 Å². The minimum atomic E-state index is -3.23. The van der Waals surface area contributed by atoms with Crippen LogP contribution in [-0.2, 0) is 14.8 Å². The van der Waals surface area contributed by atoms with Crippen LogP contribution in [0.15, 0.2) is 24.3 Å². The Morgan fingerprint density at radius 2 is 2.00 bits per heavy atom. The van der Waals surface area contributed by atoms with Crippen LogP contribution in [0, 0.1) is 0 Å². The van der Waals surface area contributed by atoms with E-state index in [0.29, 0.717) is 24.8 Å². The molecule has 0 spiro atoms. The molecule has 5 nitrogen and oxygen atoms in total. The molecule has 1 saturated heterocycles. The number of halogens is 1. The molecule has 0 aromatic heterocycles. The molecule has 1 aliphatic rings. The summed E-state index contributed by atoms with van der Waals surface area (Å²) in [6.07, 6.45) is 0. The van der Waals surface area contributed by atoms with Crippen LogP contribution >= 0.6 is 11.6 Å². The van der Waals surface area contributed by atoms with Gasteiger partial charge in [0.05, 0.1) is 19.0 Å². The summed E-state index contributed by atoms with van der Waals surface area (Å²) in [7, 11) is -3.23. The zero-order valence-corrected chi connectivity index (χ0v) is 13.7. The molecule has 118 valence electrons. The summed E-state index contributed by atoms with van der Waals surface area (Å²) in [5, 5.41) is 0.657. The van der Waals surface area contributed by atoms with Crippen molar-refractivity contribution in [1.82, 2.24) is 9.62 Å². The largest absolute Gasteiger partial charge is 0.379 e. The van der Waals surface area contributed by atoms with Crippen LogP contribution in [0.4, 0.5) is 0 Å². The van der Waals surface area contributed by atoms with Crippen LogP contribution in [0.3, 0.4) is 0 Å². The molecule has 1 heterocycles. The number of benzene rings is 1. The van der Waals surface area contributed by atoms with Crippen molar-refractivity contribution >= 4 is 21.6 Å². The maximum atomic E-state index is 11.7. The number of morpholine rings is 1. The Morgan fingerprint density at radius 1 is 1.33 bits per heavy atom. The van der Waals surface area contributed by atoms with Gasteiger partial charge in [0.25, 0.3) is 0 Å². The number of nitrogens with one attached hydrogen (secondary N) is 1. The van der Waals surface area contributed by atoms with Gasteiger partial charge in [0.1, 0.15) is 0 Å². The zero-order chi connectivity index (χ0) is 15.3. The van der Waals surface area contributed by atoms with Crippen LogP contribution < -0.4 is 4.72 Å². The predicted octanol–water partition coefficient (Wildman–Crippen LogP) is 1.65. The van der Waals surface area contributed by atoms with Crippen LogP contribution in [0.1, 0.15) is 18.5 Å². The molecule has 1 aromatic rings. The molecule has 1 atom stereocenters. The van der Waals surface area contributed by atoms with E-state index < -0.39 is 10.0 Å². The molecule has 1 aromatic carbocycles. The van der Waals surface area contributed by atoms with Crippen LogP contribution in [-0.4, -0.2) is 51.9 Å². The number of nitrogens with zero attached hydrogens (tertiary/aromatic N) is 1. The first-order valence-corrected chi connectivity index (χ1v) is 9.10. The summed E-state index contributed by atoms with van der Waals surface area (Å²) >= 11 is 6.29. The Hall–Kier alpha value is -0.660. The fourth-order valence-electron chi connectivity index (χ4n) is 2.38. The van der Waals surface area contributed by atoms with Gasteiger partial charge in [-0.1, -0.05) is 29.8 Å². The van der Waals surface area contributed by atoms with Gasteiger partial charge in [0, 0.05) is 30.7 Å². The third kappa shape index (κ3) is 4.66. The van der Waals surface area contributed by atoms with E-state index in [1.165, 1.54) is 0 Å². The topological polar surface area (TPSA) is 58.6 Å². The second kappa shape index (κ2) is 7.56. The molecule has 21 heavy (non-hydrogen) atoms. The highest BCUT2D eigenvalue weighted by Gasteiger charge is 2.25. The van der Waals surface area contributed by atoms with Crippen molar-refractivity contribution in [1.29, 1.82) is 0 Å². The van der Waals surface area contributed by atoms with Crippen molar-refractivity contribution in [2.75, 3.05) is 38.6 Å². The van der Waals surface area contributed by atoms with Gasteiger partial charge in [-0.15, -0.1) is 0 Å². The van der Waals surface area contributed by atoms with Gasteiger partial charge in [-0.3, -0.25) is 4.90 Å². The third-order valence-electron chi connectivity index (χ3n) is 3.63. The second-order valence-corrected chi connectivity index (χ2v) is 7.44. The number of rotatable bonds is 6. The van der Waals surface area contributed by atoms with E-state index in [9.17, 15) is 8.42 Å². The molecule has 0 saturated carbocycles. The summed E-state index contributed by atoms with van der Waals surface area (Å²) in [6, 6.07) is 7.49. The third-order valence-corrected chi connectivity index (χ3v) is 5.34. The van der Waals surface area contributed by atoms with Gasteiger partial charge >= 0.3 is 0 Å². The van der Waals surface area contributed by atoms with Gasteiger partial charge in [0.15, 0.2) is 0 Å². The first-order valence-electron chi connectivity index (χ1n) is 7.07. The highest BCUT2D eigenvalue weighted by molar-refractivity contribution is 7.89. The van der Waals surface area contributed by atoms with E-state index in [1.807, 2.05) is 24.3 Å². The number of ether oxygens (including phenoxy) is 1. The standard InChI is InChI=1S/C14H21ClN2O3S/c1-2-21(18,19)16-11-14(17-7-9-20-10-8-17)12-5-3-4-6-13(12)15/h3-6,14,16H,2,7-11H2,1H3. The van der Waals surface area contributed by atoms with Crippen molar-refractivity contribution in [3.8, 4) is 0 Å². The Bertz CT molecular complexity index is 559. The lowest BCUT2D eigenvalue weighted by molar-refractivity contribution is 0.0172. The molecule has 0 bridgehead atoms. The summed E-state index contributed by atoms with van der Waals surface area (Å²) < 4.78 is 31.5. The van der Waals surface area contributed by atoms with Crippen LogP contribution in [0.2, 0.25) is 5.02 Å². The average molecular weight is 333 g/mol. The fourth-order valence-corrected chi connectivity index (χ4v) is 3.26. The van der Waals surface area contributed by atoms with Gasteiger partial charge in [0.2, 0.25) is 10.0 Å². The molecule has 1 N–H and O–H groups in total. The Kier molecular flexibility index (Phi) is 6.01. The van der Waals surface area contributed by atoms with E-state index in [4.69, 9.17) is 16.3 Å². The lowest BCUT2D eigenvalue weighted by atomic mass is 10.0.